The first-order valence-electron chi connectivity index (χ1n) is 11.7. The van der Waals surface area contributed by atoms with Gasteiger partial charge < -0.3 is 10.4 Å². The summed E-state index contributed by atoms with van der Waals surface area (Å²) in [5, 5.41) is 12.5. The van der Waals surface area contributed by atoms with Crippen LogP contribution in [0, 0.1) is 0 Å². The number of alkyl halides is 2. The van der Waals surface area contributed by atoms with Crippen molar-refractivity contribution < 1.29 is 18.7 Å². The Morgan fingerprint density at radius 1 is 1.18 bits per heavy atom. The zero-order valence-corrected chi connectivity index (χ0v) is 19.7. The molecule has 1 unspecified atom stereocenters. The number of aryl methyl sites for hydroxylation is 2. The van der Waals surface area contributed by atoms with Gasteiger partial charge in [-0.15, -0.1) is 0 Å². The monoisotopic (exact) mass is 460 g/mol. The summed E-state index contributed by atoms with van der Waals surface area (Å²) in [4.78, 5) is 24.5. The van der Waals surface area contributed by atoms with E-state index in [4.69, 9.17) is 0 Å². The van der Waals surface area contributed by atoms with Crippen LogP contribution in [0.3, 0.4) is 0 Å². The highest BCUT2D eigenvalue weighted by atomic mass is 19.3. The van der Waals surface area contributed by atoms with Gasteiger partial charge >= 0.3 is 5.97 Å². The summed E-state index contributed by atoms with van der Waals surface area (Å²) in [7, 11) is 0. The van der Waals surface area contributed by atoms with Crippen LogP contribution in [-0.2, 0) is 23.1 Å². The van der Waals surface area contributed by atoms with E-state index in [2.05, 4.69) is 26.3 Å². The van der Waals surface area contributed by atoms with Crippen molar-refractivity contribution in [2.24, 2.45) is 0 Å². The second-order valence-corrected chi connectivity index (χ2v) is 9.99. The fourth-order valence-corrected chi connectivity index (χ4v) is 4.12. The zero-order valence-electron chi connectivity index (χ0n) is 19.7. The molecule has 1 atom stereocenters. The molecule has 2 aromatic heterocycles. The van der Waals surface area contributed by atoms with Crippen molar-refractivity contribution in [2.45, 2.75) is 89.4 Å². The van der Waals surface area contributed by atoms with E-state index < -0.39 is 24.2 Å². The van der Waals surface area contributed by atoms with Crippen molar-refractivity contribution in [3.8, 4) is 0 Å². The highest BCUT2D eigenvalue weighted by Gasteiger charge is 2.34. The average Bonchev–Trinajstić information content (AvgIpc) is 2.75. The van der Waals surface area contributed by atoms with E-state index >= 15 is 0 Å². The number of anilines is 1. The first-order valence-corrected chi connectivity index (χ1v) is 11.7. The molecule has 2 N–H and O–H groups in total. The molecule has 3 rings (SSSR count). The maximum absolute atomic E-state index is 14.8. The Hall–Kier alpha value is -2.64. The standard InChI is InChI=1S/C25H34F2N4O2/c1-24(2,3)23-29-15-19(16-30-23)18(13-21(32)33)14-25(26,27)11-5-4-8-20-10-9-17-7-6-12-28-22(17)31-20/h9-10,15-16,18H,4-8,11-14H2,1-3H3,(H,28,31)(H,32,33). The minimum absolute atomic E-state index is 0.270. The molecule has 2 aromatic rings. The van der Waals surface area contributed by atoms with Gasteiger partial charge in [0.05, 0.1) is 6.42 Å². The van der Waals surface area contributed by atoms with Gasteiger partial charge in [0.15, 0.2) is 0 Å². The molecule has 0 spiro atoms. The van der Waals surface area contributed by atoms with Crippen LogP contribution in [0.4, 0.5) is 14.6 Å². The Morgan fingerprint density at radius 3 is 2.58 bits per heavy atom. The molecule has 33 heavy (non-hydrogen) atoms. The Balaban J connectivity index is 1.55. The lowest BCUT2D eigenvalue weighted by molar-refractivity contribution is -0.138. The number of fused-ring (bicyclic) bond motifs is 1. The van der Waals surface area contributed by atoms with Gasteiger partial charge in [-0.3, -0.25) is 4.79 Å². The Labute approximate surface area is 194 Å². The minimum atomic E-state index is -2.96. The van der Waals surface area contributed by atoms with Crippen LogP contribution >= 0.6 is 0 Å². The largest absolute Gasteiger partial charge is 0.481 e. The molecule has 0 bridgehead atoms. The quantitative estimate of drug-likeness (QED) is 0.454. The Kier molecular flexibility index (Phi) is 7.97. The molecule has 1 aliphatic rings. The number of nitrogens with zero attached hydrogens (tertiary/aromatic N) is 3. The lowest BCUT2D eigenvalue weighted by Gasteiger charge is -2.23. The van der Waals surface area contributed by atoms with E-state index in [0.717, 1.165) is 30.9 Å². The number of hydrogen-bond donors (Lipinski definition) is 2. The number of rotatable bonds is 10. The number of pyridine rings is 1. The molecule has 0 aromatic carbocycles. The molecule has 0 saturated carbocycles. The predicted octanol–water partition coefficient (Wildman–Crippen LogP) is 5.52. The van der Waals surface area contributed by atoms with Crippen molar-refractivity contribution >= 4 is 11.8 Å². The number of aromatic nitrogens is 3. The molecule has 0 saturated heterocycles. The average molecular weight is 461 g/mol. The van der Waals surface area contributed by atoms with Crippen LogP contribution in [0.15, 0.2) is 24.5 Å². The first-order chi connectivity index (χ1) is 15.5. The number of hydrogen-bond acceptors (Lipinski definition) is 5. The normalized spacial score (nSPS) is 14.9. The third kappa shape index (κ3) is 7.44. The van der Waals surface area contributed by atoms with Crippen molar-refractivity contribution in [1.29, 1.82) is 0 Å². The smallest absolute Gasteiger partial charge is 0.303 e. The maximum atomic E-state index is 14.8. The van der Waals surface area contributed by atoms with Gasteiger partial charge in [0.25, 0.3) is 0 Å². The topological polar surface area (TPSA) is 88.0 Å². The Bertz CT molecular complexity index is 942. The second kappa shape index (κ2) is 10.5. The molecule has 0 radical (unpaired) electrons. The molecule has 0 amide bonds. The first kappa shape index (κ1) is 25.0. The molecule has 180 valence electrons. The molecular formula is C25H34F2N4O2. The summed E-state index contributed by atoms with van der Waals surface area (Å²) >= 11 is 0. The van der Waals surface area contributed by atoms with Crippen molar-refractivity contribution in [1.82, 2.24) is 15.0 Å². The van der Waals surface area contributed by atoms with E-state index in [1.807, 2.05) is 26.8 Å². The van der Waals surface area contributed by atoms with Crippen molar-refractivity contribution in [3.63, 3.8) is 0 Å². The third-order valence-electron chi connectivity index (χ3n) is 5.96. The highest BCUT2D eigenvalue weighted by molar-refractivity contribution is 5.68. The van der Waals surface area contributed by atoms with Crippen LogP contribution < -0.4 is 5.32 Å². The lowest BCUT2D eigenvalue weighted by Crippen LogP contribution is -2.23. The second-order valence-electron chi connectivity index (χ2n) is 9.99. The van der Waals surface area contributed by atoms with Gasteiger partial charge in [0, 0.05) is 48.8 Å². The van der Waals surface area contributed by atoms with Crippen LogP contribution in [0.5, 0.6) is 0 Å². The summed E-state index contributed by atoms with van der Waals surface area (Å²) in [6, 6.07) is 4.05. The molecule has 0 fully saturated rings. The highest BCUT2D eigenvalue weighted by Crippen LogP contribution is 2.36. The van der Waals surface area contributed by atoms with E-state index in [9.17, 15) is 18.7 Å². The molecule has 6 nitrogen and oxygen atoms in total. The molecule has 0 aliphatic carbocycles. The van der Waals surface area contributed by atoms with Crippen molar-refractivity contribution in [3.05, 3.63) is 47.2 Å². The summed E-state index contributed by atoms with van der Waals surface area (Å²) in [5.41, 5.74) is 2.29. The number of aliphatic carboxylic acids is 1. The summed E-state index contributed by atoms with van der Waals surface area (Å²) < 4.78 is 29.5. The third-order valence-corrected chi connectivity index (χ3v) is 5.96. The number of unbranched alkanes of at least 4 members (excludes halogenated alkanes) is 1. The van der Waals surface area contributed by atoms with Gasteiger partial charge in [-0.25, -0.2) is 23.7 Å². The molecule has 3 heterocycles. The number of nitrogens with one attached hydrogen (secondary N) is 1. The Morgan fingerprint density at radius 2 is 1.91 bits per heavy atom. The predicted molar refractivity (Wildman–Crippen MR) is 124 cm³/mol. The van der Waals surface area contributed by atoms with E-state index in [-0.39, 0.29) is 18.3 Å². The summed E-state index contributed by atoms with van der Waals surface area (Å²) in [6.07, 6.45) is 5.51. The van der Waals surface area contributed by atoms with E-state index in [1.165, 1.54) is 18.0 Å². The summed E-state index contributed by atoms with van der Waals surface area (Å²) in [5.74, 6) is -3.39. The molecule has 1 aliphatic heterocycles. The SMILES string of the molecule is CC(C)(C)c1ncc(C(CC(=O)O)CC(F)(F)CCCCc2ccc3c(n2)NCCC3)cn1. The van der Waals surface area contributed by atoms with E-state index in [1.54, 1.807) is 0 Å². The molecular weight excluding hydrogens is 426 g/mol. The lowest BCUT2D eigenvalue weighted by atomic mass is 9.89. The van der Waals surface area contributed by atoms with Gasteiger partial charge in [0.1, 0.15) is 11.6 Å². The van der Waals surface area contributed by atoms with Crippen LogP contribution in [0.2, 0.25) is 0 Å². The minimum Gasteiger partial charge on any atom is -0.481 e. The zero-order chi connectivity index (χ0) is 24.1. The van der Waals surface area contributed by atoms with Crippen molar-refractivity contribution in [2.75, 3.05) is 11.9 Å². The molecule has 8 heteroatoms. The van der Waals surface area contributed by atoms with Crippen LogP contribution in [-0.4, -0.2) is 38.5 Å². The van der Waals surface area contributed by atoms with E-state index in [0.29, 0.717) is 30.7 Å². The number of carboxylic acids is 1. The maximum Gasteiger partial charge on any atom is 0.303 e. The number of halogens is 2. The van der Waals surface area contributed by atoms with Gasteiger partial charge in [-0.05, 0) is 49.3 Å². The van der Waals surface area contributed by atoms with Gasteiger partial charge in [-0.2, -0.15) is 0 Å². The van der Waals surface area contributed by atoms with Crippen LogP contribution in [0.25, 0.3) is 0 Å². The van der Waals surface area contributed by atoms with Gasteiger partial charge in [-0.1, -0.05) is 26.8 Å². The fraction of sp³-hybridized carbons (Fsp3) is 0.600. The number of carbonyl (C=O) groups is 1. The fourth-order valence-electron chi connectivity index (χ4n) is 4.12. The van der Waals surface area contributed by atoms with Crippen LogP contribution in [0.1, 0.15) is 87.9 Å². The summed E-state index contributed by atoms with van der Waals surface area (Å²) in [6.45, 7) is 6.79. The van der Waals surface area contributed by atoms with Gasteiger partial charge in [0.2, 0.25) is 5.92 Å². The number of carboxylic acid groups (broad SMARTS) is 1.